The van der Waals surface area contributed by atoms with Crippen LogP contribution in [-0.4, -0.2) is 38.1 Å². The second kappa shape index (κ2) is 11.8. The van der Waals surface area contributed by atoms with E-state index in [0.717, 1.165) is 31.2 Å². The Kier molecular flexibility index (Phi) is 8.63. The molecule has 1 amide bonds. The maximum absolute atomic E-state index is 13.6. The van der Waals surface area contributed by atoms with Gasteiger partial charge in [0.15, 0.2) is 6.19 Å². The Labute approximate surface area is 199 Å². The van der Waals surface area contributed by atoms with Gasteiger partial charge < -0.3 is 15.4 Å². The summed E-state index contributed by atoms with van der Waals surface area (Å²) in [5, 5.41) is 17.9. The predicted octanol–water partition coefficient (Wildman–Crippen LogP) is 3.65. The molecule has 3 rings (SSSR count). The van der Waals surface area contributed by atoms with Crippen LogP contribution < -0.4 is 20.7 Å². The van der Waals surface area contributed by atoms with Crippen molar-refractivity contribution < 1.29 is 13.9 Å². The second-order valence-corrected chi connectivity index (χ2v) is 8.30. The molecule has 2 aromatic rings. The van der Waals surface area contributed by atoms with Crippen LogP contribution in [0.4, 0.5) is 4.39 Å². The highest BCUT2D eigenvalue weighted by Gasteiger charge is 2.37. The lowest BCUT2D eigenvalue weighted by atomic mass is 9.68. The third-order valence-corrected chi connectivity index (χ3v) is 6.23. The molecule has 0 heterocycles. The third kappa shape index (κ3) is 6.13. The number of ether oxygens (including phenoxy) is 1. The quantitative estimate of drug-likeness (QED) is 0.183. The zero-order valence-corrected chi connectivity index (χ0v) is 19.3. The molecule has 3 N–H and O–H groups in total. The maximum Gasteiger partial charge on any atom is 0.255 e. The predicted molar refractivity (Wildman–Crippen MR) is 130 cm³/mol. The molecule has 0 aromatic heterocycles. The van der Waals surface area contributed by atoms with Crippen molar-refractivity contribution in [2.45, 2.75) is 37.1 Å². The number of nitrogens with zero attached hydrogens (tertiary/aromatic N) is 2. The van der Waals surface area contributed by atoms with Crippen LogP contribution in [0.1, 0.15) is 41.6 Å². The van der Waals surface area contributed by atoms with E-state index < -0.39 is 0 Å². The Hall–Kier alpha value is -3.86. The molecule has 0 atom stereocenters. The number of nitrogens with one attached hydrogen (secondary N) is 3. The number of hydrogen-bond acceptors (Lipinski definition) is 4. The largest absolute Gasteiger partial charge is 0.496 e. The highest BCUT2D eigenvalue weighted by atomic mass is 19.1. The van der Waals surface area contributed by atoms with Crippen LogP contribution in [0.15, 0.2) is 66.2 Å². The molecule has 1 fully saturated rings. The molecular formula is C26H30FN5O2. The van der Waals surface area contributed by atoms with E-state index in [1.54, 1.807) is 36.4 Å². The Bertz CT molecular complexity index is 1050. The van der Waals surface area contributed by atoms with Gasteiger partial charge in [0, 0.05) is 18.0 Å². The van der Waals surface area contributed by atoms with Crippen molar-refractivity contribution in [2.24, 2.45) is 4.99 Å². The number of rotatable bonds is 8. The second-order valence-electron chi connectivity index (χ2n) is 8.30. The normalized spacial score (nSPS) is 20.0. The van der Waals surface area contributed by atoms with Crippen LogP contribution in [0.2, 0.25) is 0 Å². The van der Waals surface area contributed by atoms with E-state index in [9.17, 15) is 9.18 Å². The summed E-state index contributed by atoms with van der Waals surface area (Å²) in [5.74, 6) is 0.431. The molecule has 0 bridgehead atoms. The molecule has 0 unspecified atom stereocenters. The van der Waals surface area contributed by atoms with Gasteiger partial charge in [-0.2, -0.15) is 5.26 Å². The van der Waals surface area contributed by atoms with Gasteiger partial charge in [-0.05, 0) is 55.5 Å². The number of para-hydroxylation sites is 1. The summed E-state index contributed by atoms with van der Waals surface area (Å²) in [6.45, 7) is 4.46. The molecule has 0 saturated heterocycles. The number of amides is 1. The fraction of sp³-hybridized carbons (Fsp3) is 0.346. The van der Waals surface area contributed by atoms with Crippen LogP contribution in [0.25, 0.3) is 0 Å². The van der Waals surface area contributed by atoms with Crippen molar-refractivity contribution in [3.8, 4) is 11.9 Å². The molecule has 34 heavy (non-hydrogen) atoms. The highest BCUT2D eigenvalue weighted by Crippen LogP contribution is 2.39. The van der Waals surface area contributed by atoms with Crippen molar-refractivity contribution in [1.82, 2.24) is 16.0 Å². The monoisotopic (exact) mass is 463 g/mol. The lowest BCUT2D eigenvalue weighted by Crippen LogP contribution is -2.49. The number of guanidine groups is 1. The standard InChI is InChI=1S/C26H30FN5O2/c1-3-16-29-25(31-18-28)32-21-12-14-26(15-13-21,19-8-10-20(27)11-9-19)17-30-24(33)22-6-4-5-7-23(22)34-2/h3-11,21H,1,12-17H2,2H3,(H,30,33)(H2,29,31,32). The zero-order chi connectivity index (χ0) is 24.4. The number of benzene rings is 2. The smallest absolute Gasteiger partial charge is 0.255 e. The number of carbonyl (C=O) groups excluding carboxylic acids is 1. The minimum Gasteiger partial charge on any atom is -0.496 e. The van der Waals surface area contributed by atoms with E-state index in [1.807, 2.05) is 12.3 Å². The molecule has 2 aromatic carbocycles. The number of halogens is 1. The van der Waals surface area contributed by atoms with Crippen molar-refractivity contribution in [2.75, 3.05) is 20.2 Å². The van der Waals surface area contributed by atoms with E-state index in [2.05, 4.69) is 27.5 Å². The number of aliphatic imine (C=N–C) groups is 1. The first-order chi connectivity index (χ1) is 16.5. The number of carbonyl (C=O) groups is 1. The Morgan fingerprint density at radius 1 is 1.26 bits per heavy atom. The van der Waals surface area contributed by atoms with Gasteiger partial charge in [-0.15, -0.1) is 6.58 Å². The van der Waals surface area contributed by atoms with Gasteiger partial charge in [0.2, 0.25) is 5.96 Å². The summed E-state index contributed by atoms with van der Waals surface area (Å²) in [5.41, 5.74) is 1.12. The average molecular weight is 464 g/mol. The van der Waals surface area contributed by atoms with Crippen LogP contribution in [0, 0.1) is 17.3 Å². The van der Waals surface area contributed by atoms with Gasteiger partial charge in [0.25, 0.3) is 5.91 Å². The minimum absolute atomic E-state index is 0.114. The highest BCUT2D eigenvalue weighted by molar-refractivity contribution is 5.97. The Morgan fingerprint density at radius 2 is 1.97 bits per heavy atom. The SMILES string of the molecule is C=CCN=C(NC#N)NC1CCC(CNC(=O)c2ccccc2OC)(c2ccc(F)cc2)CC1. The van der Waals surface area contributed by atoms with Gasteiger partial charge in [-0.25, -0.2) is 9.38 Å². The first-order valence-corrected chi connectivity index (χ1v) is 11.3. The first-order valence-electron chi connectivity index (χ1n) is 11.3. The summed E-state index contributed by atoms with van der Waals surface area (Å²) in [7, 11) is 1.54. The van der Waals surface area contributed by atoms with Gasteiger partial charge >= 0.3 is 0 Å². The molecule has 0 radical (unpaired) electrons. The van der Waals surface area contributed by atoms with Crippen LogP contribution in [-0.2, 0) is 5.41 Å². The molecule has 1 aliphatic carbocycles. The fourth-order valence-electron chi connectivity index (χ4n) is 4.39. The van der Waals surface area contributed by atoms with Gasteiger partial charge in [-0.1, -0.05) is 30.3 Å². The minimum atomic E-state index is -0.343. The topological polar surface area (TPSA) is 98.5 Å². The van der Waals surface area contributed by atoms with E-state index in [0.29, 0.717) is 30.4 Å². The number of methoxy groups -OCH3 is 1. The third-order valence-electron chi connectivity index (χ3n) is 6.23. The van der Waals surface area contributed by atoms with Crippen molar-refractivity contribution in [1.29, 1.82) is 5.26 Å². The fourth-order valence-corrected chi connectivity index (χ4v) is 4.39. The van der Waals surface area contributed by atoms with Crippen molar-refractivity contribution >= 4 is 11.9 Å². The van der Waals surface area contributed by atoms with Gasteiger partial charge in [0.05, 0.1) is 19.2 Å². The average Bonchev–Trinajstić information content (AvgIpc) is 2.87. The molecule has 0 aliphatic heterocycles. The molecule has 7 nitrogen and oxygen atoms in total. The zero-order valence-electron chi connectivity index (χ0n) is 19.3. The summed E-state index contributed by atoms with van der Waals surface area (Å²) in [6, 6.07) is 13.7. The lowest BCUT2D eigenvalue weighted by molar-refractivity contribution is 0.0932. The summed E-state index contributed by atoms with van der Waals surface area (Å²) < 4.78 is 19.0. The molecular weight excluding hydrogens is 433 g/mol. The number of hydrogen-bond donors (Lipinski definition) is 3. The summed E-state index contributed by atoms with van der Waals surface area (Å²) in [4.78, 5) is 17.2. The molecule has 0 spiro atoms. The first kappa shape index (κ1) is 24.8. The number of nitriles is 1. The van der Waals surface area contributed by atoms with Crippen molar-refractivity contribution in [3.05, 3.63) is 78.1 Å². The molecule has 178 valence electrons. The van der Waals surface area contributed by atoms with E-state index in [-0.39, 0.29) is 23.2 Å². The van der Waals surface area contributed by atoms with Crippen LogP contribution in [0.3, 0.4) is 0 Å². The Balaban J connectivity index is 1.75. The van der Waals surface area contributed by atoms with Gasteiger partial charge in [-0.3, -0.25) is 10.1 Å². The van der Waals surface area contributed by atoms with Crippen LogP contribution >= 0.6 is 0 Å². The lowest BCUT2D eigenvalue weighted by Gasteiger charge is -2.41. The van der Waals surface area contributed by atoms with E-state index >= 15 is 0 Å². The maximum atomic E-state index is 13.6. The molecule has 8 heteroatoms. The van der Waals surface area contributed by atoms with E-state index in [4.69, 9.17) is 10.00 Å². The summed E-state index contributed by atoms with van der Waals surface area (Å²) in [6.07, 6.45) is 6.68. The van der Waals surface area contributed by atoms with E-state index in [1.165, 1.54) is 19.2 Å². The molecule has 1 saturated carbocycles. The molecule has 1 aliphatic rings. The van der Waals surface area contributed by atoms with Gasteiger partial charge in [0.1, 0.15) is 11.6 Å². The van der Waals surface area contributed by atoms with Crippen LogP contribution in [0.5, 0.6) is 5.75 Å². The Morgan fingerprint density at radius 3 is 2.62 bits per heavy atom. The van der Waals surface area contributed by atoms with Crippen molar-refractivity contribution in [3.63, 3.8) is 0 Å². The summed E-state index contributed by atoms with van der Waals surface area (Å²) >= 11 is 0.